The second kappa shape index (κ2) is 3.99. The fraction of sp³-hybridized carbons (Fsp3) is 0.250. The third-order valence-electron chi connectivity index (χ3n) is 1.60. The van der Waals surface area contributed by atoms with Gasteiger partial charge in [-0.25, -0.2) is 13.6 Å². The summed E-state index contributed by atoms with van der Waals surface area (Å²) >= 11 is 0. The maximum atomic E-state index is 12.3. The average molecular weight is 203 g/mol. The Kier molecular flexibility index (Phi) is 2.95. The molecule has 0 saturated heterocycles. The quantitative estimate of drug-likeness (QED) is 0.732. The predicted octanol–water partition coefficient (Wildman–Crippen LogP) is 1.10. The molecule has 1 N–H and O–H groups in total. The Morgan fingerprint density at radius 3 is 2.71 bits per heavy atom. The van der Waals surface area contributed by atoms with Gasteiger partial charge in [-0.15, -0.1) is 0 Å². The number of aromatic nitrogens is 1. The van der Waals surface area contributed by atoms with Gasteiger partial charge in [0.1, 0.15) is 0 Å². The largest absolute Gasteiger partial charge is 0.465 e. The van der Waals surface area contributed by atoms with Gasteiger partial charge >= 0.3 is 5.97 Å². The van der Waals surface area contributed by atoms with Crippen LogP contribution >= 0.6 is 0 Å². The second-order valence-corrected chi connectivity index (χ2v) is 2.46. The van der Waals surface area contributed by atoms with Crippen LogP contribution in [0.25, 0.3) is 0 Å². The fourth-order valence-electron chi connectivity index (χ4n) is 0.950. The molecule has 0 aromatic carbocycles. The lowest BCUT2D eigenvalue weighted by atomic mass is 10.1. The van der Waals surface area contributed by atoms with Gasteiger partial charge in [-0.05, 0) is 0 Å². The first-order valence-corrected chi connectivity index (χ1v) is 3.65. The summed E-state index contributed by atoms with van der Waals surface area (Å²) in [6, 6.07) is 0.785. The molecule has 0 fully saturated rings. The fourth-order valence-corrected chi connectivity index (χ4v) is 0.950. The molecule has 1 aromatic rings. The number of hydrogen-bond acceptors (Lipinski definition) is 3. The van der Waals surface area contributed by atoms with Crippen LogP contribution in [0.2, 0.25) is 0 Å². The maximum Gasteiger partial charge on any atom is 0.338 e. The third kappa shape index (κ3) is 1.95. The molecule has 1 heterocycles. The predicted molar refractivity (Wildman–Crippen MR) is 43.4 cm³/mol. The van der Waals surface area contributed by atoms with Crippen LogP contribution < -0.4 is 5.56 Å². The van der Waals surface area contributed by atoms with Crippen LogP contribution in [0.15, 0.2) is 17.1 Å². The number of aromatic amines is 1. The second-order valence-electron chi connectivity index (χ2n) is 2.46. The van der Waals surface area contributed by atoms with Crippen LogP contribution in [-0.2, 0) is 4.74 Å². The molecule has 0 bridgehead atoms. The van der Waals surface area contributed by atoms with Crippen molar-refractivity contribution in [1.82, 2.24) is 4.98 Å². The normalized spacial score (nSPS) is 10.3. The Morgan fingerprint density at radius 2 is 2.21 bits per heavy atom. The number of pyridine rings is 1. The van der Waals surface area contributed by atoms with Gasteiger partial charge in [0, 0.05) is 17.8 Å². The standard InChI is InChI=1S/C8H7F2NO3/c1-14-8(13)4-2-6(12)11-3-5(4)7(9)10/h2-3,7H,1H3,(H,11,12). The number of rotatable bonds is 2. The van der Waals surface area contributed by atoms with Gasteiger partial charge in [0.25, 0.3) is 6.43 Å². The maximum absolute atomic E-state index is 12.3. The summed E-state index contributed by atoms with van der Waals surface area (Å²) in [5, 5.41) is 0. The van der Waals surface area contributed by atoms with Crippen molar-refractivity contribution in [3.63, 3.8) is 0 Å². The molecule has 0 spiro atoms. The number of carbonyl (C=O) groups excluding carboxylic acids is 1. The van der Waals surface area contributed by atoms with Crippen LogP contribution in [0.3, 0.4) is 0 Å². The summed E-state index contributed by atoms with van der Waals surface area (Å²) in [6.45, 7) is 0. The van der Waals surface area contributed by atoms with Crippen LogP contribution in [-0.4, -0.2) is 18.1 Å². The topological polar surface area (TPSA) is 59.2 Å². The smallest absolute Gasteiger partial charge is 0.338 e. The number of H-pyrrole nitrogens is 1. The van der Waals surface area contributed by atoms with Gasteiger partial charge in [0.2, 0.25) is 5.56 Å². The molecule has 0 aliphatic heterocycles. The Labute approximate surface area is 77.5 Å². The van der Waals surface area contributed by atoms with E-state index in [1.807, 2.05) is 0 Å². The summed E-state index contributed by atoms with van der Waals surface area (Å²) in [6.07, 6.45) is -2.03. The van der Waals surface area contributed by atoms with Crippen LogP contribution in [0.1, 0.15) is 22.3 Å². The number of nitrogens with one attached hydrogen (secondary N) is 1. The van der Waals surface area contributed by atoms with Crippen molar-refractivity contribution in [1.29, 1.82) is 0 Å². The van der Waals surface area contributed by atoms with Crippen molar-refractivity contribution in [2.75, 3.05) is 7.11 Å². The van der Waals surface area contributed by atoms with E-state index in [9.17, 15) is 18.4 Å². The van der Waals surface area contributed by atoms with Crippen molar-refractivity contribution in [3.8, 4) is 0 Å². The van der Waals surface area contributed by atoms with E-state index < -0.39 is 29.1 Å². The zero-order valence-corrected chi connectivity index (χ0v) is 7.21. The molecule has 0 aliphatic rings. The minimum atomic E-state index is -2.83. The molecule has 76 valence electrons. The highest BCUT2D eigenvalue weighted by atomic mass is 19.3. The van der Waals surface area contributed by atoms with Crippen molar-refractivity contribution >= 4 is 5.97 Å². The molecule has 14 heavy (non-hydrogen) atoms. The lowest BCUT2D eigenvalue weighted by Crippen LogP contribution is -2.13. The Bertz CT molecular complexity index is 400. The molecule has 0 saturated carbocycles. The van der Waals surface area contributed by atoms with Crippen LogP contribution in [0.4, 0.5) is 8.78 Å². The summed E-state index contributed by atoms with van der Waals surface area (Å²) < 4.78 is 28.9. The summed E-state index contributed by atoms with van der Waals surface area (Å²) in [5.41, 5.74) is -1.59. The van der Waals surface area contributed by atoms with E-state index >= 15 is 0 Å². The lowest BCUT2D eigenvalue weighted by Gasteiger charge is -2.04. The van der Waals surface area contributed by atoms with Gasteiger partial charge in [-0.3, -0.25) is 4.79 Å². The average Bonchev–Trinajstić information content (AvgIpc) is 2.16. The highest BCUT2D eigenvalue weighted by molar-refractivity contribution is 5.90. The number of carbonyl (C=O) groups is 1. The van der Waals surface area contributed by atoms with E-state index in [2.05, 4.69) is 9.72 Å². The van der Waals surface area contributed by atoms with Gasteiger partial charge in [0.05, 0.1) is 12.7 Å². The zero-order chi connectivity index (χ0) is 10.7. The molecule has 1 rings (SSSR count). The van der Waals surface area contributed by atoms with Crippen molar-refractivity contribution in [2.45, 2.75) is 6.43 Å². The van der Waals surface area contributed by atoms with Crippen LogP contribution in [0.5, 0.6) is 0 Å². The molecular weight excluding hydrogens is 196 g/mol. The first kappa shape index (κ1) is 10.4. The highest BCUT2D eigenvalue weighted by Gasteiger charge is 2.19. The van der Waals surface area contributed by atoms with E-state index in [4.69, 9.17) is 0 Å². The van der Waals surface area contributed by atoms with Crippen molar-refractivity contribution < 1.29 is 18.3 Å². The molecule has 6 heteroatoms. The van der Waals surface area contributed by atoms with Gasteiger partial charge in [-0.1, -0.05) is 0 Å². The minimum absolute atomic E-state index is 0.411. The monoisotopic (exact) mass is 203 g/mol. The summed E-state index contributed by atoms with van der Waals surface area (Å²) in [4.78, 5) is 23.8. The minimum Gasteiger partial charge on any atom is -0.465 e. The highest BCUT2D eigenvalue weighted by Crippen LogP contribution is 2.21. The molecule has 0 amide bonds. The van der Waals surface area contributed by atoms with E-state index in [1.54, 1.807) is 0 Å². The molecule has 0 radical (unpaired) electrons. The first-order chi connectivity index (χ1) is 6.56. The molecule has 1 aromatic heterocycles. The Morgan fingerprint density at radius 1 is 1.57 bits per heavy atom. The number of ether oxygens (including phenoxy) is 1. The number of methoxy groups -OCH3 is 1. The number of halogens is 2. The molecule has 0 aliphatic carbocycles. The van der Waals surface area contributed by atoms with Crippen LogP contribution in [0, 0.1) is 0 Å². The number of esters is 1. The van der Waals surface area contributed by atoms with E-state index in [0.29, 0.717) is 0 Å². The summed E-state index contributed by atoms with van der Waals surface area (Å²) in [7, 11) is 1.05. The molecular formula is C8H7F2NO3. The van der Waals surface area contributed by atoms with Gasteiger partial charge < -0.3 is 9.72 Å². The van der Waals surface area contributed by atoms with Crippen molar-refractivity contribution in [3.05, 3.63) is 33.7 Å². The molecule has 4 nitrogen and oxygen atoms in total. The Balaban J connectivity index is 3.29. The van der Waals surface area contributed by atoms with Crippen molar-refractivity contribution in [2.24, 2.45) is 0 Å². The van der Waals surface area contributed by atoms with Gasteiger partial charge in [-0.2, -0.15) is 0 Å². The number of hydrogen-bond donors (Lipinski definition) is 1. The number of alkyl halides is 2. The van der Waals surface area contributed by atoms with E-state index in [-0.39, 0.29) is 0 Å². The zero-order valence-electron chi connectivity index (χ0n) is 7.21. The first-order valence-electron chi connectivity index (χ1n) is 3.65. The Hall–Kier alpha value is -1.72. The SMILES string of the molecule is COC(=O)c1cc(=O)[nH]cc1C(F)F. The third-order valence-corrected chi connectivity index (χ3v) is 1.60. The molecule has 0 atom stereocenters. The van der Waals surface area contributed by atoms with E-state index in [0.717, 1.165) is 19.4 Å². The lowest BCUT2D eigenvalue weighted by molar-refractivity contribution is 0.0589. The summed E-state index contributed by atoms with van der Waals surface area (Å²) in [5.74, 6) is -0.952. The van der Waals surface area contributed by atoms with E-state index in [1.165, 1.54) is 0 Å². The van der Waals surface area contributed by atoms with Gasteiger partial charge in [0.15, 0.2) is 0 Å². The molecule has 0 unspecified atom stereocenters.